The Morgan fingerprint density at radius 3 is 2.18 bits per heavy atom. The fourth-order valence-electron chi connectivity index (χ4n) is 0.740. The summed E-state index contributed by atoms with van der Waals surface area (Å²) in [6, 6.07) is 0. The predicted octanol–water partition coefficient (Wildman–Crippen LogP) is 1.07. The van der Waals surface area contributed by atoms with E-state index in [1.54, 1.807) is 14.0 Å². The first-order valence-corrected chi connectivity index (χ1v) is 5.59. The second-order valence-corrected chi connectivity index (χ2v) is 4.94. The van der Waals surface area contributed by atoms with Gasteiger partial charge in [0.1, 0.15) is 0 Å². The van der Waals surface area contributed by atoms with Crippen molar-refractivity contribution in [2.45, 2.75) is 26.7 Å². The standard InChI is InChI=1S/C7H17NO2S/c1-4-6-7-8(3)11(9,10)5-2/h4-7H2,1-3H3. The lowest BCUT2D eigenvalue weighted by molar-refractivity contribution is 0.460. The van der Waals surface area contributed by atoms with Crippen LogP contribution in [-0.4, -0.2) is 32.1 Å². The van der Waals surface area contributed by atoms with Crippen LogP contribution in [0.2, 0.25) is 0 Å². The quantitative estimate of drug-likeness (QED) is 0.633. The summed E-state index contributed by atoms with van der Waals surface area (Å²) in [4.78, 5) is 0. The summed E-state index contributed by atoms with van der Waals surface area (Å²) in [5, 5.41) is 0. The van der Waals surface area contributed by atoms with Gasteiger partial charge in [0.2, 0.25) is 10.0 Å². The van der Waals surface area contributed by atoms with Crippen LogP contribution in [0, 0.1) is 0 Å². The van der Waals surface area contributed by atoms with E-state index in [-0.39, 0.29) is 5.75 Å². The van der Waals surface area contributed by atoms with Crippen LogP contribution in [0.5, 0.6) is 0 Å². The number of hydrogen-bond donors (Lipinski definition) is 0. The molecule has 0 N–H and O–H groups in total. The van der Waals surface area contributed by atoms with Crippen LogP contribution in [0.25, 0.3) is 0 Å². The first-order chi connectivity index (χ1) is 5.04. The Morgan fingerprint density at radius 2 is 1.82 bits per heavy atom. The van der Waals surface area contributed by atoms with Gasteiger partial charge in [-0.3, -0.25) is 0 Å². The second kappa shape index (κ2) is 4.72. The summed E-state index contributed by atoms with van der Waals surface area (Å²) in [6.45, 7) is 4.36. The summed E-state index contributed by atoms with van der Waals surface area (Å²) in [5.74, 6) is 0.202. The molecular formula is C7H17NO2S. The van der Waals surface area contributed by atoms with E-state index in [1.807, 2.05) is 6.92 Å². The molecule has 0 amide bonds. The van der Waals surface area contributed by atoms with Gasteiger partial charge in [-0.05, 0) is 13.3 Å². The Labute approximate surface area is 69.4 Å². The molecule has 0 aromatic rings. The van der Waals surface area contributed by atoms with Gasteiger partial charge in [0, 0.05) is 13.6 Å². The summed E-state index contributed by atoms with van der Waals surface area (Å²) < 4.78 is 23.7. The van der Waals surface area contributed by atoms with Gasteiger partial charge in [-0.1, -0.05) is 13.3 Å². The third kappa shape index (κ3) is 3.72. The molecule has 0 bridgehead atoms. The average molecular weight is 179 g/mol. The minimum Gasteiger partial charge on any atom is -0.212 e. The van der Waals surface area contributed by atoms with Crippen LogP contribution in [0.15, 0.2) is 0 Å². The van der Waals surface area contributed by atoms with Crippen molar-refractivity contribution in [3.63, 3.8) is 0 Å². The maximum atomic E-state index is 11.1. The number of nitrogens with zero attached hydrogens (tertiary/aromatic N) is 1. The predicted molar refractivity (Wildman–Crippen MR) is 47.0 cm³/mol. The fourth-order valence-corrected chi connectivity index (χ4v) is 1.59. The zero-order valence-electron chi connectivity index (χ0n) is 7.50. The van der Waals surface area contributed by atoms with Crippen molar-refractivity contribution in [3.05, 3.63) is 0 Å². The summed E-state index contributed by atoms with van der Waals surface area (Å²) in [7, 11) is -1.30. The number of rotatable bonds is 5. The molecule has 0 radical (unpaired) electrons. The van der Waals surface area contributed by atoms with E-state index in [2.05, 4.69) is 0 Å². The molecule has 0 aromatic heterocycles. The molecule has 0 fully saturated rings. The third-order valence-corrected chi connectivity index (χ3v) is 3.53. The Balaban J connectivity index is 3.93. The highest BCUT2D eigenvalue weighted by Crippen LogP contribution is 1.99. The Kier molecular flexibility index (Phi) is 4.68. The van der Waals surface area contributed by atoms with Gasteiger partial charge in [0.25, 0.3) is 0 Å². The van der Waals surface area contributed by atoms with Gasteiger partial charge < -0.3 is 0 Å². The van der Waals surface area contributed by atoms with E-state index in [0.717, 1.165) is 12.8 Å². The molecule has 0 aliphatic carbocycles. The van der Waals surface area contributed by atoms with Crippen molar-refractivity contribution in [1.82, 2.24) is 4.31 Å². The summed E-state index contributed by atoms with van der Waals surface area (Å²) in [5.41, 5.74) is 0. The van der Waals surface area contributed by atoms with Gasteiger partial charge in [-0.2, -0.15) is 0 Å². The Hall–Kier alpha value is -0.0900. The summed E-state index contributed by atoms with van der Waals surface area (Å²) in [6.07, 6.45) is 1.97. The highest BCUT2D eigenvalue weighted by Gasteiger charge is 2.12. The maximum Gasteiger partial charge on any atom is 0.213 e. The fraction of sp³-hybridized carbons (Fsp3) is 1.00. The lowest BCUT2D eigenvalue weighted by atomic mass is 10.3. The Morgan fingerprint density at radius 1 is 1.27 bits per heavy atom. The first-order valence-electron chi connectivity index (χ1n) is 3.98. The van der Waals surface area contributed by atoms with E-state index < -0.39 is 10.0 Å². The molecule has 0 aliphatic rings. The van der Waals surface area contributed by atoms with Crippen LogP contribution in [0.1, 0.15) is 26.7 Å². The second-order valence-electron chi connectivity index (χ2n) is 2.58. The first kappa shape index (κ1) is 10.9. The molecule has 0 saturated carbocycles. The van der Waals surface area contributed by atoms with Crippen molar-refractivity contribution in [2.75, 3.05) is 19.3 Å². The molecule has 4 heteroatoms. The van der Waals surface area contributed by atoms with Crippen LogP contribution in [0.4, 0.5) is 0 Å². The monoisotopic (exact) mass is 179 g/mol. The van der Waals surface area contributed by atoms with Crippen molar-refractivity contribution < 1.29 is 8.42 Å². The molecular weight excluding hydrogens is 162 g/mol. The van der Waals surface area contributed by atoms with Crippen molar-refractivity contribution in [3.8, 4) is 0 Å². The number of unbranched alkanes of at least 4 members (excludes halogenated alkanes) is 1. The van der Waals surface area contributed by atoms with Crippen molar-refractivity contribution in [2.24, 2.45) is 0 Å². The zero-order valence-corrected chi connectivity index (χ0v) is 8.32. The molecule has 0 saturated heterocycles. The summed E-state index contributed by atoms with van der Waals surface area (Å²) >= 11 is 0. The molecule has 0 rings (SSSR count). The van der Waals surface area contributed by atoms with Gasteiger partial charge in [0.15, 0.2) is 0 Å². The van der Waals surface area contributed by atoms with E-state index >= 15 is 0 Å². The molecule has 0 heterocycles. The van der Waals surface area contributed by atoms with E-state index in [4.69, 9.17) is 0 Å². The normalized spacial score (nSPS) is 12.4. The van der Waals surface area contributed by atoms with Crippen LogP contribution < -0.4 is 0 Å². The average Bonchev–Trinajstić information content (AvgIpc) is 2.00. The van der Waals surface area contributed by atoms with Crippen molar-refractivity contribution >= 4 is 10.0 Å². The van der Waals surface area contributed by atoms with Crippen molar-refractivity contribution in [1.29, 1.82) is 0 Å². The van der Waals surface area contributed by atoms with Gasteiger partial charge in [0.05, 0.1) is 5.75 Å². The highest BCUT2D eigenvalue weighted by molar-refractivity contribution is 7.89. The highest BCUT2D eigenvalue weighted by atomic mass is 32.2. The largest absolute Gasteiger partial charge is 0.213 e. The van der Waals surface area contributed by atoms with Gasteiger partial charge >= 0.3 is 0 Å². The number of sulfonamides is 1. The van der Waals surface area contributed by atoms with Crippen LogP contribution in [0.3, 0.4) is 0 Å². The van der Waals surface area contributed by atoms with E-state index in [9.17, 15) is 8.42 Å². The minimum atomic E-state index is -2.94. The molecule has 11 heavy (non-hydrogen) atoms. The van der Waals surface area contributed by atoms with Crippen LogP contribution >= 0.6 is 0 Å². The van der Waals surface area contributed by atoms with E-state index in [0.29, 0.717) is 6.54 Å². The zero-order chi connectivity index (χ0) is 8.91. The molecule has 0 unspecified atom stereocenters. The molecule has 0 atom stereocenters. The Bertz CT molecular complexity index is 187. The SMILES string of the molecule is CCCCN(C)S(=O)(=O)CC. The smallest absolute Gasteiger partial charge is 0.212 e. The lowest BCUT2D eigenvalue weighted by Crippen LogP contribution is -2.29. The van der Waals surface area contributed by atoms with Gasteiger partial charge in [-0.15, -0.1) is 0 Å². The molecule has 0 spiro atoms. The molecule has 3 nitrogen and oxygen atoms in total. The molecule has 68 valence electrons. The third-order valence-electron chi connectivity index (χ3n) is 1.67. The van der Waals surface area contributed by atoms with Gasteiger partial charge in [-0.25, -0.2) is 12.7 Å². The number of hydrogen-bond acceptors (Lipinski definition) is 2. The minimum absolute atomic E-state index is 0.202. The maximum absolute atomic E-state index is 11.1. The topological polar surface area (TPSA) is 37.4 Å². The van der Waals surface area contributed by atoms with Crippen LogP contribution in [-0.2, 0) is 10.0 Å². The lowest BCUT2D eigenvalue weighted by Gasteiger charge is -2.14. The molecule has 0 aromatic carbocycles. The van der Waals surface area contributed by atoms with E-state index in [1.165, 1.54) is 4.31 Å². The molecule has 0 aliphatic heterocycles.